The molecule has 1 N–H and O–H groups in total. The standard InChI is InChI=1S/C11H15N5O3S/c1-8-12-6-10(16(18)19)15(8)3-4-20-11-13-5-9(7-17)14(11)2/h5-6,17H,3-4,7H2,1-2H3. The Balaban J connectivity index is 2.01. The summed E-state index contributed by atoms with van der Waals surface area (Å²) in [5.41, 5.74) is 0.734. The molecule has 0 spiro atoms. The molecule has 0 fully saturated rings. The Labute approximate surface area is 119 Å². The van der Waals surface area contributed by atoms with Crippen molar-refractivity contribution in [3.63, 3.8) is 0 Å². The highest BCUT2D eigenvalue weighted by atomic mass is 32.2. The SMILES string of the molecule is Cc1ncc([N+](=O)[O-])n1CCSc1ncc(CO)n1C. The first kappa shape index (κ1) is 14.5. The molecule has 2 rings (SSSR count). The first-order valence-electron chi connectivity index (χ1n) is 5.95. The Morgan fingerprint density at radius 3 is 2.80 bits per heavy atom. The Bertz CT molecular complexity index is 622. The van der Waals surface area contributed by atoms with Crippen LogP contribution in [-0.2, 0) is 20.2 Å². The largest absolute Gasteiger partial charge is 0.390 e. The van der Waals surface area contributed by atoms with Gasteiger partial charge in [-0.2, -0.15) is 0 Å². The van der Waals surface area contributed by atoms with E-state index in [0.717, 1.165) is 10.9 Å². The quantitative estimate of drug-likeness (QED) is 0.487. The normalized spacial score (nSPS) is 10.9. The molecule has 8 nitrogen and oxygen atoms in total. The number of imidazole rings is 2. The molecule has 0 aliphatic heterocycles. The van der Waals surface area contributed by atoms with Crippen molar-refractivity contribution in [1.29, 1.82) is 0 Å². The Hall–Kier alpha value is -1.87. The zero-order valence-electron chi connectivity index (χ0n) is 11.2. The number of hydrogen-bond acceptors (Lipinski definition) is 6. The average Bonchev–Trinajstić information content (AvgIpc) is 2.95. The molecule has 0 aliphatic rings. The molecule has 0 unspecified atom stereocenters. The van der Waals surface area contributed by atoms with Crippen LogP contribution in [-0.4, -0.2) is 34.9 Å². The van der Waals surface area contributed by atoms with E-state index in [1.807, 2.05) is 7.05 Å². The third kappa shape index (κ3) is 2.83. The molecule has 108 valence electrons. The maximum Gasteiger partial charge on any atom is 0.342 e. The van der Waals surface area contributed by atoms with Crippen LogP contribution in [0.5, 0.6) is 0 Å². The van der Waals surface area contributed by atoms with E-state index in [0.29, 0.717) is 18.1 Å². The number of aromatic nitrogens is 4. The van der Waals surface area contributed by atoms with Crippen molar-refractivity contribution in [2.45, 2.75) is 25.2 Å². The van der Waals surface area contributed by atoms with Gasteiger partial charge in [-0.1, -0.05) is 11.8 Å². The van der Waals surface area contributed by atoms with Gasteiger partial charge in [-0.3, -0.25) is 0 Å². The minimum absolute atomic E-state index is 0.000937. The minimum Gasteiger partial charge on any atom is -0.390 e. The molecule has 9 heteroatoms. The fourth-order valence-electron chi connectivity index (χ4n) is 1.81. The summed E-state index contributed by atoms with van der Waals surface area (Å²) in [6.07, 6.45) is 2.89. The number of aliphatic hydroxyl groups is 1. The van der Waals surface area contributed by atoms with E-state index in [4.69, 9.17) is 5.11 Å². The molecule has 20 heavy (non-hydrogen) atoms. The van der Waals surface area contributed by atoms with Crippen molar-refractivity contribution in [2.75, 3.05) is 5.75 Å². The van der Waals surface area contributed by atoms with Crippen LogP contribution in [0.25, 0.3) is 0 Å². The smallest absolute Gasteiger partial charge is 0.342 e. The molecule has 0 amide bonds. The Morgan fingerprint density at radius 1 is 1.45 bits per heavy atom. The third-order valence-electron chi connectivity index (χ3n) is 2.97. The summed E-state index contributed by atoms with van der Waals surface area (Å²) in [4.78, 5) is 18.6. The van der Waals surface area contributed by atoms with Gasteiger partial charge in [0.1, 0.15) is 12.7 Å². The van der Waals surface area contributed by atoms with Crippen molar-refractivity contribution >= 4 is 17.6 Å². The van der Waals surface area contributed by atoms with Gasteiger partial charge in [-0.25, -0.2) is 14.5 Å². The van der Waals surface area contributed by atoms with Crippen molar-refractivity contribution in [2.24, 2.45) is 7.05 Å². The van der Waals surface area contributed by atoms with Crippen molar-refractivity contribution < 1.29 is 10.0 Å². The first-order valence-corrected chi connectivity index (χ1v) is 6.94. The molecule has 0 aliphatic carbocycles. The lowest BCUT2D eigenvalue weighted by atomic mass is 10.5. The Morgan fingerprint density at radius 2 is 2.20 bits per heavy atom. The van der Waals surface area contributed by atoms with Gasteiger partial charge in [0.25, 0.3) is 0 Å². The van der Waals surface area contributed by atoms with Gasteiger partial charge in [-0.05, 0) is 4.92 Å². The monoisotopic (exact) mass is 297 g/mol. The molecule has 0 atom stereocenters. The predicted molar refractivity (Wildman–Crippen MR) is 73.5 cm³/mol. The highest BCUT2D eigenvalue weighted by Crippen LogP contribution is 2.20. The molecule has 2 aromatic rings. The molecule has 0 aromatic carbocycles. The number of aliphatic hydroxyl groups excluding tert-OH is 1. The first-order chi connectivity index (χ1) is 9.54. The summed E-state index contributed by atoms with van der Waals surface area (Å²) in [6, 6.07) is 0. The number of nitrogens with zero attached hydrogens (tertiary/aromatic N) is 5. The number of aryl methyl sites for hydroxylation is 1. The van der Waals surface area contributed by atoms with Crippen LogP contribution < -0.4 is 0 Å². The highest BCUT2D eigenvalue weighted by molar-refractivity contribution is 7.99. The van der Waals surface area contributed by atoms with Gasteiger partial charge in [-0.15, -0.1) is 0 Å². The number of hydrogen-bond donors (Lipinski definition) is 1. The summed E-state index contributed by atoms with van der Waals surface area (Å²) in [5, 5.41) is 20.7. The zero-order chi connectivity index (χ0) is 14.7. The fourth-order valence-corrected chi connectivity index (χ4v) is 2.71. The fraction of sp³-hybridized carbons (Fsp3) is 0.455. The van der Waals surface area contributed by atoms with Crippen LogP contribution >= 0.6 is 11.8 Å². The summed E-state index contributed by atoms with van der Waals surface area (Å²) < 4.78 is 3.38. The van der Waals surface area contributed by atoms with Crippen LogP contribution in [0.4, 0.5) is 5.82 Å². The molecule has 0 saturated carbocycles. The predicted octanol–water partition coefficient (Wildman–Crippen LogP) is 1.12. The molecule has 0 saturated heterocycles. The molecular formula is C11H15N5O3S. The van der Waals surface area contributed by atoms with Crippen LogP contribution in [0.1, 0.15) is 11.5 Å². The average molecular weight is 297 g/mol. The summed E-state index contributed by atoms with van der Waals surface area (Å²) in [5.74, 6) is 1.25. The van der Waals surface area contributed by atoms with Crippen LogP contribution in [0.15, 0.2) is 17.6 Å². The maximum absolute atomic E-state index is 10.9. The lowest BCUT2D eigenvalue weighted by molar-refractivity contribution is -0.392. The lowest BCUT2D eigenvalue weighted by Gasteiger charge is -2.04. The topological polar surface area (TPSA) is 99.0 Å². The number of nitro groups is 1. The van der Waals surface area contributed by atoms with E-state index in [9.17, 15) is 10.1 Å². The van der Waals surface area contributed by atoms with Gasteiger partial charge in [0.15, 0.2) is 11.0 Å². The van der Waals surface area contributed by atoms with Gasteiger partial charge in [0, 0.05) is 19.7 Å². The molecular weight excluding hydrogens is 282 g/mol. The molecule has 2 heterocycles. The van der Waals surface area contributed by atoms with E-state index in [2.05, 4.69) is 9.97 Å². The van der Waals surface area contributed by atoms with Crippen LogP contribution in [0, 0.1) is 17.0 Å². The highest BCUT2D eigenvalue weighted by Gasteiger charge is 2.17. The summed E-state index contributed by atoms with van der Waals surface area (Å²) in [6.45, 7) is 2.16. The van der Waals surface area contributed by atoms with Crippen molar-refractivity contribution in [3.8, 4) is 0 Å². The summed E-state index contributed by atoms with van der Waals surface area (Å²) in [7, 11) is 1.83. The second-order valence-electron chi connectivity index (χ2n) is 4.17. The van der Waals surface area contributed by atoms with Crippen LogP contribution in [0.3, 0.4) is 0 Å². The molecule has 0 bridgehead atoms. The van der Waals surface area contributed by atoms with Gasteiger partial charge < -0.3 is 19.8 Å². The summed E-state index contributed by atoms with van der Waals surface area (Å²) >= 11 is 1.48. The van der Waals surface area contributed by atoms with E-state index in [1.54, 1.807) is 22.3 Å². The maximum atomic E-state index is 10.9. The number of thioether (sulfide) groups is 1. The van der Waals surface area contributed by atoms with Gasteiger partial charge in [0.05, 0.1) is 18.5 Å². The zero-order valence-corrected chi connectivity index (χ0v) is 12.0. The Kier molecular flexibility index (Phi) is 4.40. The third-order valence-corrected chi connectivity index (χ3v) is 4.00. The van der Waals surface area contributed by atoms with Crippen molar-refractivity contribution in [3.05, 3.63) is 34.0 Å². The number of rotatable bonds is 6. The second-order valence-corrected chi connectivity index (χ2v) is 5.23. The van der Waals surface area contributed by atoms with Crippen molar-refractivity contribution in [1.82, 2.24) is 19.1 Å². The van der Waals surface area contributed by atoms with E-state index >= 15 is 0 Å². The lowest BCUT2D eigenvalue weighted by Crippen LogP contribution is -2.07. The molecule has 0 radical (unpaired) electrons. The van der Waals surface area contributed by atoms with Crippen LogP contribution in [0.2, 0.25) is 0 Å². The van der Waals surface area contributed by atoms with E-state index in [-0.39, 0.29) is 12.4 Å². The second kappa shape index (κ2) is 6.06. The van der Waals surface area contributed by atoms with Gasteiger partial charge >= 0.3 is 5.82 Å². The van der Waals surface area contributed by atoms with Gasteiger partial charge in [0.2, 0.25) is 0 Å². The van der Waals surface area contributed by atoms with E-state index in [1.165, 1.54) is 18.0 Å². The molecule has 2 aromatic heterocycles. The van der Waals surface area contributed by atoms with E-state index < -0.39 is 4.92 Å². The minimum atomic E-state index is -0.435.